The molecule has 0 radical (unpaired) electrons. The number of β-lactam (4-membered cyclic amide) rings is 1. The molecule has 1 unspecified atom stereocenters. The quantitative estimate of drug-likeness (QED) is 0.833. The van der Waals surface area contributed by atoms with Crippen LogP contribution in [0.2, 0.25) is 5.02 Å². The third-order valence-corrected chi connectivity index (χ3v) is 5.04. The highest BCUT2D eigenvalue weighted by Crippen LogP contribution is 2.36. The van der Waals surface area contributed by atoms with E-state index in [1.54, 1.807) is 6.07 Å². The number of likely N-dealkylation sites (tertiary alicyclic amines) is 1. The number of benzene rings is 2. The lowest BCUT2D eigenvalue weighted by Crippen LogP contribution is -2.57. The minimum absolute atomic E-state index is 0.0192. The Kier molecular flexibility index (Phi) is 5.06. The van der Waals surface area contributed by atoms with Crippen molar-refractivity contribution in [3.8, 4) is 0 Å². The Morgan fingerprint density at radius 1 is 1.29 bits per heavy atom. The Balaban J connectivity index is 1.60. The first-order valence-corrected chi connectivity index (χ1v) is 8.56. The van der Waals surface area contributed by atoms with E-state index >= 15 is 0 Å². The van der Waals surface area contributed by atoms with Crippen LogP contribution in [-0.2, 0) is 11.3 Å². The highest BCUT2D eigenvalue weighted by Gasteiger charge is 2.41. The highest BCUT2D eigenvalue weighted by atomic mass is 35.5. The molecule has 3 rings (SSSR count). The second-order valence-corrected chi connectivity index (χ2v) is 6.92. The van der Waals surface area contributed by atoms with Crippen LogP contribution in [0, 0.1) is 5.82 Å². The van der Waals surface area contributed by atoms with E-state index < -0.39 is 11.8 Å². The third-order valence-electron chi connectivity index (χ3n) is 3.57. The summed E-state index contributed by atoms with van der Waals surface area (Å²) in [4.78, 5) is 25.9. The van der Waals surface area contributed by atoms with E-state index in [1.165, 1.54) is 28.8 Å². The minimum Gasteiger partial charge on any atom is -0.334 e. The van der Waals surface area contributed by atoms with Crippen molar-refractivity contribution in [1.82, 2.24) is 10.2 Å². The lowest BCUT2D eigenvalue weighted by Gasteiger charge is -2.37. The fourth-order valence-corrected chi connectivity index (χ4v) is 3.73. The van der Waals surface area contributed by atoms with Crippen LogP contribution in [0.1, 0.15) is 12.0 Å². The molecule has 0 bridgehead atoms. The molecule has 7 heteroatoms. The summed E-state index contributed by atoms with van der Waals surface area (Å²) in [6.45, 7) is 0.350. The Bertz CT molecular complexity index is 772. The number of urea groups is 1. The summed E-state index contributed by atoms with van der Waals surface area (Å²) in [5.74, 6) is -0.727. The van der Waals surface area contributed by atoms with Crippen molar-refractivity contribution in [2.24, 2.45) is 0 Å². The molecule has 1 fully saturated rings. The number of halogens is 2. The molecule has 0 aliphatic carbocycles. The summed E-state index contributed by atoms with van der Waals surface area (Å²) >= 11 is 7.06. The van der Waals surface area contributed by atoms with Gasteiger partial charge in [-0.25, -0.2) is 9.18 Å². The normalized spacial score (nSPS) is 16.7. The summed E-state index contributed by atoms with van der Waals surface area (Å²) < 4.78 is 13.2. The van der Waals surface area contributed by atoms with E-state index in [1.807, 2.05) is 30.3 Å². The zero-order chi connectivity index (χ0) is 17.1. The van der Waals surface area contributed by atoms with Crippen molar-refractivity contribution < 1.29 is 14.0 Å². The number of carbonyl (C=O) groups is 2. The van der Waals surface area contributed by atoms with Crippen molar-refractivity contribution in [2.75, 3.05) is 0 Å². The molecular formula is C17H14ClFN2O2S. The second-order valence-electron chi connectivity index (χ2n) is 5.26. The van der Waals surface area contributed by atoms with Gasteiger partial charge in [-0.3, -0.25) is 9.69 Å². The predicted molar refractivity (Wildman–Crippen MR) is 91.2 cm³/mol. The van der Waals surface area contributed by atoms with Crippen LogP contribution in [0.5, 0.6) is 0 Å². The van der Waals surface area contributed by atoms with Gasteiger partial charge in [-0.1, -0.05) is 53.7 Å². The first-order valence-electron chi connectivity index (χ1n) is 7.30. The molecule has 0 aromatic heterocycles. The van der Waals surface area contributed by atoms with Crippen molar-refractivity contribution in [1.29, 1.82) is 0 Å². The van der Waals surface area contributed by atoms with Crippen molar-refractivity contribution >= 4 is 35.3 Å². The number of carbonyl (C=O) groups excluding carboxylic acids is 2. The van der Waals surface area contributed by atoms with Crippen LogP contribution in [0.25, 0.3) is 0 Å². The van der Waals surface area contributed by atoms with Gasteiger partial charge in [0.25, 0.3) is 0 Å². The Morgan fingerprint density at radius 3 is 2.71 bits per heavy atom. The second kappa shape index (κ2) is 7.23. The lowest BCUT2D eigenvalue weighted by molar-refractivity contribution is -0.137. The van der Waals surface area contributed by atoms with Gasteiger partial charge >= 0.3 is 6.03 Å². The van der Waals surface area contributed by atoms with Crippen LogP contribution in [0.4, 0.5) is 9.18 Å². The summed E-state index contributed by atoms with van der Waals surface area (Å²) in [6, 6.07) is 13.4. The predicted octanol–water partition coefficient (Wildman–Crippen LogP) is 4.04. The third kappa shape index (κ3) is 3.71. The molecule has 1 heterocycles. The zero-order valence-corrected chi connectivity index (χ0v) is 14.1. The van der Waals surface area contributed by atoms with E-state index in [-0.39, 0.29) is 22.7 Å². The van der Waals surface area contributed by atoms with E-state index in [9.17, 15) is 14.0 Å². The smallest absolute Gasteiger partial charge is 0.325 e. The van der Waals surface area contributed by atoms with Crippen LogP contribution in [-0.4, -0.2) is 22.2 Å². The van der Waals surface area contributed by atoms with E-state index in [0.29, 0.717) is 11.4 Å². The van der Waals surface area contributed by atoms with Crippen molar-refractivity contribution in [3.63, 3.8) is 0 Å². The molecule has 1 N–H and O–H groups in total. The summed E-state index contributed by atoms with van der Waals surface area (Å²) in [7, 11) is 0. The standard InChI is InChI=1S/C17H14ClFN2O2S/c18-13-8-12(6-7-14(13)19)24-16-9-15(22)21(16)17(23)20-10-11-4-2-1-3-5-11/h1-8,16H,9-10H2,(H,20,23). The number of hydrogen-bond donors (Lipinski definition) is 1. The summed E-state index contributed by atoms with van der Waals surface area (Å²) in [5.41, 5.74) is 0.952. The van der Waals surface area contributed by atoms with Gasteiger partial charge in [0.1, 0.15) is 11.2 Å². The first-order chi connectivity index (χ1) is 11.5. The molecule has 24 heavy (non-hydrogen) atoms. The fourth-order valence-electron chi connectivity index (χ4n) is 2.29. The number of nitrogens with one attached hydrogen (secondary N) is 1. The van der Waals surface area contributed by atoms with Gasteiger partial charge in [0, 0.05) is 11.4 Å². The molecule has 1 aliphatic heterocycles. The number of amides is 3. The maximum Gasteiger partial charge on any atom is 0.325 e. The monoisotopic (exact) mass is 364 g/mol. The average molecular weight is 365 g/mol. The maximum atomic E-state index is 13.2. The van der Waals surface area contributed by atoms with Gasteiger partial charge in [0.2, 0.25) is 5.91 Å². The molecular weight excluding hydrogens is 351 g/mol. The topological polar surface area (TPSA) is 49.4 Å². The Labute approximate surface area is 148 Å². The van der Waals surface area contributed by atoms with Crippen LogP contribution in [0.15, 0.2) is 53.4 Å². The molecule has 124 valence electrons. The summed E-state index contributed by atoms with van der Waals surface area (Å²) in [5, 5.41) is 2.44. The van der Waals surface area contributed by atoms with Crippen molar-refractivity contribution in [3.05, 3.63) is 64.9 Å². The molecule has 0 saturated carbocycles. The molecule has 1 aliphatic rings. The van der Waals surface area contributed by atoms with Crippen LogP contribution in [0.3, 0.4) is 0 Å². The molecule has 3 amide bonds. The lowest BCUT2D eigenvalue weighted by atomic mass is 10.2. The largest absolute Gasteiger partial charge is 0.334 e. The van der Waals surface area contributed by atoms with Gasteiger partial charge in [0.05, 0.1) is 11.4 Å². The first kappa shape index (κ1) is 16.8. The van der Waals surface area contributed by atoms with Gasteiger partial charge < -0.3 is 5.32 Å². The molecule has 1 saturated heterocycles. The van der Waals surface area contributed by atoms with E-state index in [2.05, 4.69) is 5.32 Å². The minimum atomic E-state index is -0.497. The SMILES string of the molecule is O=C1CC(Sc2ccc(F)c(Cl)c2)N1C(=O)NCc1ccccc1. The van der Waals surface area contributed by atoms with Crippen molar-refractivity contribution in [2.45, 2.75) is 23.2 Å². The molecule has 2 aromatic rings. The fraction of sp³-hybridized carbons (Fsp3) is 0.176. The van der Waals surface area contributed by atoms with Gasteiger partial charge in [-0.05, 0) is 23.8 Å². The number of rotatable bonds is 4. The van der Waals surface area contributed by atoms with Gasteiger partial charge in [0.15, 0.2) is 0 Å². The number of hydrogen-bond acceptors (Lipinski definition) is 3. The zero-order valence-electron chi connectivity index (χ0n) is 12.5. The molecule has 0 spiro atoms. The molecule has 1 atom stereocenters. The molecule has 2 aromatic carbocycles. The van der Waals surface area contributed by atoms with E-state index in [4.69, 9.17) is 11.6 Å². The van der Waals surface area contributed by atoms with Crippen LogP contribution < -0.4 is 5.32 Å². The maximum absolute atomic E-state index is 13.2. The summed E-state index contributed by atoms with van der Waals surface area (Å²) in [6.07, 6.45) is 0.262. The Morgan fingerprint density at radius 2 is 2.04 bits per heavy atom. The van der Waals surface area contributed by atoms with E-state index in [0.717, 1.165) is 5.56 Å². The number of thioether (sulfide) groups is 1. The van der Waals surface area contributed by atoms with Gasteiger partial charge in [-0.15, -0.1) is 0 Å². The molecule has 4 nitrogen and oxygen atoms in total. The number of imide groups is 1. The van der Waals surface area contributed by atoms with Gasteiger partial charge in [-0.2, -0.15) is 0 Å². The Hall–Kier alpha value is -2.05. The van der Waals surface area contributed by atoms with Crippen LogP contribution >= 0.6 is 23.4 Å². The number of nitrogens with zero attached hydrogens (tertiary/aromatic N) is 1. The highest BCUT2D eigenvalue weighted by molar-refractivity contribution is 8.00. The average Bonchev–Trinajstić information content (AvgIpc) is 2.56.